The Bertz CT molecular complexity index is 558. The maximum Gasteiger partial charge on any atom is 0.225 e. The Morgan fingerprint density at radius 1 is 1.33 bits per heavy atom. The third-order valence-corrected chi connectivity index (χ3v) is 4.16. The molecular weight excluding hydrogens is 260 g/mol. The van der Waals surface area contributed by atoms with E-state index in [-0.39, 0.29) is 0 Å². The number of aromatic nitrogens is 1. The zero-order chi connectivity index (χ0) is 15.4. The highest BCUT2D eigenvalue weighted by Crippen LogP contribution is 2.32. The molecule has 112 valence electrons. The summed E-state index contributed by atoms with van der Waals surface area (Å²) >= 11 is 0. The van der Waals surface area contributed by atoms with Gasteiger partial charge < -0.3 is 4.90 Å². The molecule has 3 heteroatoms. The standard InChI is InChI=1S/C16H20N2O.C2H4/c1-11-9-15(10-17-12(11)2)13-5-7-18(8-6-13)16(19)14-3-4-14;1-2/h5,9-10,14H,3-4,6-8H2,1-2H3;1-2H2. The number of hydrogen-bond acceptors (Lipinski definition) is 2. The number of carbonyl (C=O) groups excluding carboxylic acids is 1. The first kappa shape index (κ1) is 15.5. The second kappa shape index (κ2) is 6.70. The van der Waals surface area contributed by atoms with Gasteiger partial charge in [0, 0.05) is 30.9 Å². The van der Waals surface area contributed by atoms with Gasteiger partial charge in [0.15, 0.2) is 0 Å². The Labute approximate surface area is 127 Å². The van der Waals surface area contributed by atoms with E-state index < -0.39 is 0 Å². The monoisotopic (exact) mass is 284 g/mol. The first-order valence-electron chi connectivity index (χ1n) is 7.56. The predicted molar refractivity (Wildman–Crippen MR) is 86.9 cm³/mol. The molecule has 1 aromatic rings. The van der Waals surface area contributed by atoms with Crippen molar-refractivity contribution in [3.05, 3.63) is 48.3 Å². The fraction of sp³-hybridized carbons (Fsp3) is 0.444. The number of carbonyl (C=O) groups is 1. The van der Waals surface area contributed by atoms with Crippen molar-refractivity contribution in [3.8, 4) is 0 Å². The molecule has 0 saturated heterocycles. The summed E-state index contributed by atoms with van der Waals surface area (Å²) in [6.07, 6.45) is 7.27. The van der Waals surface area contributed by atoms with Crippen molar-refractivity contribution < 1.29 is 4.79 Å². The molecule has 21 heavy (non-hydrogen) atoms. The molecule has 2 aliphatic rings. The topological polar surface area (TPSA) is 33.2 Å². The fourth-order valence-corrected chi connectivity index (χ4v) is 2.54. The van der Waals surface area contributed by atoms with E-state index in [0.29, 0.717) is 11.8 Å². The molecule has 1 fully saturated rings. The van der Waals surface area contributed by atoms with Gasteiger partial charge in [-0.15, -0.1) is 13.2 Å². The summed E-state index contributed by atoms with van der Waals surface area (Å²) in [5.41, 5.74) is 4.86. The zero-order valence-corrected chi connectivity index (χ0v) is 13.1. The SMILES string of the molecule is C=C.Cc1cc(C2=CCN(C(=O)C3CC3)CC2)cnc1C. The van der Waals surface area contributed by atoms with Gasteiger partial charge in [0.05, 0.1) is 0 Å². The number of nitrogens with zero attached hydrogens (tertiary/aromatic N) is 2. The van der Waals surface area contributed by atoms with Crippen LogP contribution in [0.1, 0.15) is 36.1 Å². The molecule has 0 atom stereocenters. The Morgan fingerprint density at radius 3 is 2.57 bits per heavy atom. The summed E-state index contributed by atoms with van der Waals surface area (Å²) in [5.74, 6) is 0.687. The van der Waals surface area contributed by atoms with E-state index in [4.69, 9.17) is 0 Å². The molecule has 2 heterocycles. The predicted octanol–water partition coefficient (Wildman–Crippen LogP) is 3.53. The van der Waals surface area contributed by atoms with Crippen LogP contribution < -0.4 is 0 Å². The Kier molecular flexibility index (Phi) is 4.94. The highest BCUT2D eigenvalue weighted by molar-refractivity contribution is 5.82. The third-order valence-electron chi connectivity index (χ3n) is 4.16. The van der Waals surface area contributed by atoms with Crippen molar-refractivity contribution in [1.82, 2.24) is 9.88 Å². The van der Waals surface area contributed by atoms with E-state index in [2.05, 4.69) is 37.2 Å². The first-order valence-corrected chi connectivity index (χ1v) is 7.56. The van der Waals surface area contributed by atoms with Gasteiger partial charge in [0.1, 0.15) is 0 Å². The summed E-state index contributed by atoms with van der Waals surface area (Å²) in [6.45, 7) is 11.7. The van der Waals surface area contributed by atoms with Crippen molar-refractivity contribution in [1.29, 1.82) is 0 Å². The van der Waals surface area contributed by atoms with Crippen molar-refractivity contribution in [3.63, 3.8) is 0 Å². The maximum absolute atomic E-state index is 12.0. The van der Waals surface area contributed by atoms with Crippen LogP contribution in [0.4, 0.5) is 0 Å². The normalized spacial score (nSPS) is 17.6. The van der Waals surface area contributed by atoms with Crippen molar-refractivity contribution >= 4 is 11.5 Å². The van der Waals surface area contributed by atoms with Crippen LogP contribution in [0.25, 0.3) is 5.57 Å². The average molecular weight is 284 g/mol. The number of hydrogen-bond donors (Lipinski definition) is 0. The molecule has 1 aromatic heterocycles. The van der Waals surface area contributed by atoms with Gasteiger partial charge in [-0.2, -0.15) is 0 Å². The van der Waals surface area contributed by atoms with E-state index in [9.17, 15) is 4.79 Å². The minimum absolute atomic E-state index is 0.332. The van der Waals surface area contributed by atoms with Gasteiger partial charge in [-0.05, 0) is 55.9 Å². The van der Waals surface area contributed by atoms with Crippen molar-refractivity contribution in [2.45, 2.75) is 33.1 Å². The zero-order valence-electron chi connectivity index (χ0n) is 13.1. The van der Waals surface area contributed by atoms with E-state index in [0.717, 1.165) is 38.0 Å². The highest BCUT2D eigenvalue weighted by Gasteiger charge is 2.33. The van der Waals surface area contributed by atoms with E-state index >= 15 is 0 Å². The lowest BCUT2D eigenvalue weighted by molar-refractivity contribution is -0.132. The molecule has 1 saturated carbocycles. The van der Waals surface area contributed by atoms with E-state index in [1.165, 1.54) is 16.7 Å². The number of pyridine rings is 1. The summed E-state index contributed by atoms with van der Waals surface area (Å²) in [7, 11) is 0. The molecule has 1 aliphatic carbocycles. The van der Waals surface area contributed by atoms with Crippen LogP contribution in [0.2, 0.25) is 0 Å². The third kappa shape index (κ3) is 3.60. The number of amides is 1. The molecular formula is C18H24N2O. The van der Waals surface area contributed by atoms with Gasteiger partial charge in [-0.3, -0.25) is 9.78 Å². The first-order chi connectivity index (χ1) is 10.1. The molecule has 0 spiro atoms. The van der Waals surface area contributed by atoms with Gasteiger partial charge in [-0.1, -0.05) is 6.08 Å². The van der Waals surface area contributed by atoms with Crippen LogP contribution in [0.3, 0.4) is 0 Å². The van der Waals surface area contributed by atoms with Crippen LogP contribution in [-0.4, -0.2) is 28.9 Å². The van der Waals surface area contributed by atoms with E-state index in [1.54, 1.807) is 0 Å². The number of aryl methyl sites for hydroxylation is 2. The minimum atomic E-state index is 0.332. The van der Waals surface area contributed by atoms with Gasteiger partial charge in [-0.25, -0.2) is 0 Å². The lowest BCUT2D eigenvalue weighted by Gasteiger charge is -2.26. The second-order valence-corrected chi connectivity index (χ2v) is 5.66. The van der Waals surface area contributed by atoms with Crippen molar-refractivity contribution in [2.75, 3.05) is 13.1 Å². The van der Waals surface area contributed by atoms with Crippen LogP contribution in [0.5, 0.6) is 0 Å². The Hall–Kier alpha value is -1.90. The van der Waals surface area contributed by atoms with Crippen LogP contribution >= 0.6 is 0 Å². The molecule has 0 unspecified atom stereocenters. The smallest absolute Gasteiger partial charge is 0.225 e. The molecule has 3 rings (SSSR count). The average Bonchev–Trinajstić information content (AvgIpc) is 3.36. The maximum atomic E-state index is 12.0. The van der Waals surface area contributed by atoms with E-state index in [1.807, 2.05) is 18.0 Å². The quantitative estimate of drug-likeness (QED) is 0.778. The van der Waals surface area contributed by atoms with Gasteiger partial charge in [0.25, 0.3) is 0 Å². The van der Waals surface area contributed by atoms with Crippen molar-refractivity contribution in [2.24, 2.45) is 5.92 Å². The number of rotatable bonds is 2. The van der Waals surface area contributed by atoms with Gasteiger partial charge >= 0.3 is 0 Å². The molecule has 0 radical (unpaired) electrons. The molecule has 0 aromatic carbocycles. The van der Waals surface area contributed by atoms with Crippen LogP contribution in [0.15, 0.2) is 31.5 Å². The molecule has 1 aliphatic heterocycles. The molecule has 0 bridgehead atoms. The Balaban J connectivity index is 0.000000774. The molecule has 3 nitrogen and oxygen atoms in total. The largest absolute Gasteiger partial charge is 0.338 e. The summed E-state index contributed by atoms with van der Waals surface area (Å²) in [6, 6.07) is 2.20. The summed E-state index contributed by atoms with van der Waals surface area (Å²) in [5, 5.41) is 0. The summed E-state index contributed by atoms with van der Waals surface area (Å²) < 4.78 is 0. The van der Waals surface area contributed by atoms with Crippen LogP contribution in [-0.2, 0) is 4.79 Å². The summed E-state index contributed by atoms with van der Waals surface area (Å²) in [4.78, 5) is 18.4. The lowest BCUT2D eigenvalue weighted by atomic mass is 9.99. The highest BCUT2D eigenvalue weighted by atomic mass is 16.2. The molecule has 0 N–H and O–H groups in total. The fourth-order valence-electron chi connectivity index (χ4n) is 2.54. The van der Waals surface area contributed by atoms with Gasteiger partial charge in [0.2, 0.25) is 5.91 Å². The van der Waals surface area contributed by atoms with Crippen LogP contribution in [0, 0.1) is 19.8 Å². The Morgan fingerprint density at radius 2 is 2.05 bits per heavy atom. The lowest BCUT2D eigenvalue weighted by Crippen LogP contribution is -2.35. The second-order valence-electron chi connectivity index (χ2n) is 5.66. The molecule has 1 amide bonds. The minimum Gasteiger partial charge on any atom is -0.338 e.